The first-order valence-corrected chi connectivity index (χ1v) is 7.70. The number of hydrogen-bond acceptors (Lipinski definition) is 4. The Morgan fingerprint density at radius 3 is 2.79 bits per heavy atom. The Hall–Kier alpha value is -3.02. The Morgan fingerprint density at radius 2 is 1.92 bits per heavy atom. The second-order valence-corrected chi connectivity index (χ2v) is 5.66. The summed E-state index contributed by atoms with van der Waals surface area (Å²) in [4.78, 5) is 8.59. The predicted molar refractivity (Wildman–Crippen MR) is 93.9 cm³/mol. The van der Waals surface area contributed by atoms with E-state index in [9.17, 15) is 0 Å². The van der Waals surface area contributed by atoms with Crippen molar-refractivity contribution in [3.63, 3.8) is 0 Å². The van der Waals surface area contributed by atoms with E-state index in [1.54, 1.807) is 18.6 Å². The summed E-state index contributed by atoms with van der Waals surface area (Å²) in [7, 11) is 0. The number of aliphatic imine (C=N–C) groups is 2. The molecule has 0 aliphatic carbocycles. The number of ether oxygens (including phenoxy) is 1. The van der Waals surface area contributed by atoms with E-state index in [0.717, 1.165) is 28.4 Å². The summed E-state index contributed by atoms with van der Waals surface area (Å²) in [6, 6.07) is 17.9. The number of rotatable bonds is 4. The van der Waals surface area contributed by atoms with Crippen LogP contribution in [0.25, 0.3) is 0 Å². The molecule has 2 N–H and O–H groups in total. The Labute approximate surface area is 140 Å². The van der Waals surface area contributed by atoms with Gasteiger partial charge in [-0.25, -0.2) is 0 Å². The van der Waals surface area contributed by atoms with Crippen molar-refractivity contribution in [3.05, 3.63) is 90.0 Å². The number of benzene rings is 2. The van der Waals surface area contributed by atoms with E-state index in [-0.39, 0.29) is 4.59 Å². The van der Waals surface area contributed by atoms with Gasteiger partial charge in [0.25, 0.3) is 5.84 Å². The van der Waals surface area contributed by atoms with Crippen LogP contribution in [0, 0.1) is 0 Å². The van der Waals surface area contributed by atoms with Gasteiger partial charge >= 0.3 is 0 Å². The van der Waals surface area contributed by atoms with E-state index in [2.05, 4.69) is 9.98 Å². The molecule has 5 nitrogen and oxygen atoms in total. The van der Waals surface area contributed by atoms with Crippen molar-refractivity contribution in [2.24, 2.45) is 15.8 Å². The molecule has 1 atom stereocenters. The zero-order chi connectivity index (χ0) is 16.4. The maximum Gasteiger partial charge on any atom is 0.264 e. The van der Waals surface area contributed by atoms with E-state index in [4.69, 9.17) is 10.6 Å². The van der Waals surface area contributed by atoms with Crippen LogP contribution >= 0.6 is 0 Å². The van der Waals surface area contributed by atoms with E-state index in [1.807, 2.05) is 60.8 Å². The molecule has 2 aromatic carbocycles. The minimum atomic E-state index is 0.0334. The molecule has 0 amide bonds. The van der Waals surface area contributed by atoms with Gasteiger partial charge in [-0.05, 0) is 23.8 Å². The predicted octanol–water partition coefficient (Wildman–Crippen LogP) is 3.11. The lowest BCUT2D eigenvalue weighted by molar-refractivity contribution is -0.750. The van der Waals surface area contributed by atoms with Gasteiger partial charge in [-0.2, -0.15) is 10.8 Å². The fourth-order valence-corrected chi connectivity index (χ4v) is 2.74. The van der Waals surface area contributed by atoms with Crippen molar-refractivity contribution in [1.29, 1.82) is 0 Å². The van der Waals surface area contributed by atoms with Crippen molar-refractivity contribution in [3.8, 4) is 5.75 Å². The van der Waals surface area contributed by atoms with E-state index in [1.165, 1.54) is 0 Å². The smallest absolute Gasteiger partial charge is 0.264 e. The summed E-state index contributed by atoms with van der Waals surface area (Å²) >= 11 is 0. The largest absolute Gasteiger partial charge is 0.489 e. The molecule has 0 aromatic heterocycles. The normalized spacial score (nSPS) is 21.2. The summed E-state index contributed by atoms with van der Waals surface area (Å²) in [6.45, 7) is 0.523. The Kier molecular flexibility index (Phi) is 3.57. The van der Waals surface area contributed by atoms with E-state index >= 15 is 0 Å². The zero-order valence-electron chi connectivity index (χ0n) is 13.0. The summed E-state index contributed by atoms with van der Waals surface area (Å²) < 4.78 is 5.93. The maximum absolute atomic E-state index is 6.48. The number of fused-ring (bicyclic) bond motifs is 1. The van der Waals surface area contributed by atoms with Crippen LogP contribution in [0.5, 0.6) is 5.75 Å². The molecule has 5 heteroatoms. The van der Waals surface area contributed by atoms with Gasteiger partial charge in [0.2, 0.25) is 0 Å². The number of amidine groups is 1. The number of allylic oxidation sites excluding steroid dienone is 1. The lowest BCUT2D eigenvalue weighted by atomic mass is 10.1. The highest BCUT2D eigenvalue weighted by molar-refractivity contribution is 5.99. The van der Waals surface area contributed by atoms with Crippen LogP contribution in [-0.2, 0) is 6.61 Å². The quantitative estimate of drug-likeness (QED) is 0.696. The molecule has 24 heavy (non-hydrogen) atoms. The minimum Gasteiger partial charge on any atom is -0.489 e. The molecule has 1 unspecified atom stereocenters. The van der Waals surface area contributed by atoms with Crippen LogP contribution in [0.1, 0.15) is 11.1 Å². The monoisotopic (exact) mass is 317 g/mol. The molecule has 0 bridgehead atoms. The van der Waals surface area contributed by atoms with E-state index < -0.39 is 0 Å². The van der Waals surface area contributed by atoms with Gasteiger partial charge in [0.15, 0.2) is 5.70 Å². The van der Waals surface area contributed by atoms with Crippen molar-refractivity contribution < 1.29 is 9.33 Å². The summed E-state index contributed by atoms with van der Waals surface area (Å²) in [5.41, 5.74) is 2.89. The molecular formula is C19H17N4O+. The average Bonchev–Trinajstić information content (AvgIpc) is 2.98. The van der Waals surface area contributed by atoms with Crippen LogP contribution in [0.15, 0.2) is 88.9 Å². The van der Waals surface area contributed by atoms with Gasteiger partial charge in [-0.15, -0.1) is 4.59 Å². The molecule has 2 heterocycles. The summed E-state index contributed by atoms with van der Waals surface area (Å²) in [5, 5.41) is 0. The van der Waals surface area contributed by atoms with Crippen LogP contribution in [0.3, 0.4) is 0 Å². The number of nitrogens with two attached hydrogens (primary N) is 1. The average molecular weight is 317 g/mol. The van der Waals surface area contributed by atoms with Crippen molar-refractivity contribution in [1.82, 2.24) is 0 Å². The summed E-state index contributed by atoms with van der Waals surface area (Å²) in [6.07, 6.45) is 6.98. The number of quaternary nitrogens is 1. The SMILES string of the molecule is N[N+]12C=CN=CC1=CN=C2c1cccc(OCc2ccccc2)c1. The summed E-state index contributed by atoms with van der Waals surface area (Å²) in [5.74, 6) is 8.01. The fraction of sp³-hybridized carbons (Fsp3) is 0.0526. The van der Waals surface area contributed by atoms with Gasteiger partial charge < -0.3 is 4.74 Å². The van der Waals surface area contributed by atoms with Gasteiger partial charge in [-0.1, -0.05) is 36.4 Å². The second kappa shape index (κ2) is 5.88. The molecule has 2 aliphatic heterocycles. The highest BCUT2D eigenvalue weighted by Crippen LogP contribution is 2.27. The van der Waals surface area contributed by atoms with Gasteiger partial charge in [0.05, 0.1) is 24.2 Å². The first kappa shape index (κ1) is 14.6. The molecular weight excluding hydrogens is 300 g/mol. The third-order valence-corrected chi connectivity index (χ3v) is 4.03. The van der Waals surface area contributed by atoms with Crippen LogP contribution in [0.2, 0.25) is 0 Å². The maximum atomic E-state index is 6.48. The molecule has 0 fully saturated rings. The van der Waals surface area contributed by atoms with Crippen molar-refractivity contribution >= 4 is 12.1 Å². The standard InChI is InChI=1S/C19H17N4O/c20-23-10-9-21-12-17(23)13-22-19(23)16-7-4-8-18(11-16)24-14-15-5-2-1-3-6-15/h1-13H,14,20H2/q+1. The third-order valence-electron chi connectivity index (χ3n) is 4.03. The lowest BCUT2D eigenvalue weighted by Crippen LogP contribution is -2.52. The number of hydrogen-bond donors (Lipinski definition) is 1. The topological polar surface area (TPSA) is 60.0 Å². The van der Waals surface area contributed by atoms with Crippen LogP contribution in [0.4, 0.5) is 0 Å². The highest BCUT2D eigenvalue weighted by atomic mass is 16.5. The lowest BCUT2D eigenvalue weighted by Gasteiger charge is -2.26. The fourth-order valence-electron chi connectivity index (χ4n) is 2.74. The Morgan fingerprint density at radius 1 is 1.04 bits per heavy atom. The number of nitrogens with zero attached hydrogens (tertiary/aromatic N) is 3. The van der Waals surface area contributed by atoms with Gasteiger partial charge in [-0.3, -0.25) is 4.99 Å². The van der Waals surface area contributed by atoms with Crippen molar-refractivity contribution in [2.45, 2.75) is 6.61 Å². The van der Waals surface area contributed by atoms with Crippen LogP contribution < -0.4 is 10.6 Å². The highest BCUT2D eigenvalue weighted by Gasteiger charge is 2.40. The minimum absolute atomic E-state index is 0.0334. The Balaban J connectivity index is 1.56. The van der Waals surface area contributed by atoms with Gasteiger partial charge in [0, 0.05) is 0 Å². The molecule has 0 radical (unpaired) electrons. The van der Waals surface area contributed by atoms with Gasteiger partial charge in [0.1, 0.15) is 18.6 Å². The second-order valence-electron chi connectivity index (χ2n) is 5.66. The third kappa shape index (κ3) is 2.56. The molecule has 2 aromatic rings. The molecule has 118 valence electrons. The Bertz CT molecular complexity index is 883. The molecule has 0 saturated carbocycles. The van der Waals surface area contributed by atoms with Crippen molar-refractivity contribution in [2.75, 3.05) is 0 Å². The van der Waals surface area contributed by atoms with E-state index in [0.29, 0.717) is 6.61 Å². The molecule has 0 saturated heterocycles. The van der Waals surface area contributed by atoms with Crippen LogP contribution in [-0.4, -0.2) is 16.6 Å². The molecule has 0 spiro atoms. The molecule has 4 rings (SSSR count). The zero-order valence-corrected chi connectivity index (χ0v) is 13.0. The first-order chi connectivity index (χ1) is 11.8. The first-order valence-electron chi connectivity index (χ1n) is 7.70. The molecule has 2 aliphatic rings.